The molecule has 3 rings (SSSR count). The lowest BCUT2D eigenvalue weighted by atomic mass is 9.74. The van der Waals surface area contributed by atoms with Gasteiger partial charge in [0.2, 0.25) is 6.19 Å². The fraction of sp³-hybridized carbons (Fsp3) is 0.500. The quantitative estimate of drug-likeness (QED) is 0.601. The van der Waals surface area contributed by atoms with Crippen molar-refractivity contribution >= 4 is 0 Å². The molecule has 0 radical (unpaired) electrons. The highest BCUT2D eigenvalue weighted by Gasteiger charge is 2.31. The molecule has 0 amide bonds. The number of fused-ring (bicyclic) bond motifs is 3. The molecule has 2 atom stereocenters. The molecule has 0 aliphatic heterocycles. The van der Waals surface area contributed by atoms with Crippen molar-refractivity contribution in [3.8, 4) is 6.19 Å². The first kappa shape index (κ1) is 8.72. The van der Waals surface area contributed by atoms with Crippen molar-refractivity contribution in [3.05, 3.63) is 29.6 Å². The molecule has 0 aromatic carbocycles. The summed E-state index contributed by atoms with van der Waals surface area (Å²) < 4.78 is 1.40. The first-order chi connectivity index (χ1) is 7.38. The molecule has 3 heteroatoms. The van der Waals surface area contributed by atoms with Crippen molar-refractivity contribution < 1.29 is 0 Å². The van der Waals surface area contributed by atoms with Gasteiger partial charge in [-0.3, -0.25) is 0 Å². The number of nitrogens with zero attached hydrogens (tertiary/aromatic N) is 3. The van der Waals surface area contributed by atoms with Crippen LogP contribution in [-0.4, -0.2) is 9.78 Å². The van der Waals surface area contributed by atoms with Gasteiger partial charge < -0.3 is 0 Å². The minimum absolute atomic E-state index is 0.470. The molecule has 2 unspecified atom stereocenters. The lowest BCUT2D eigenvalue weighted by Gasteiger charge is -2.30. The first-order valence-electron chi connectivity index (χ1n) is 5.53. The number of hydrogen-bond acceptors (Lipinski definition) is 2. The Hall–Kier alpha value is -1.56. The Morgan fingerprint density at radius 2 is 2.40 bits per heavy atom. The summed E-state index contributed by atoms with van der Waals surface area (Å²) in [7, 11) is 0. The number of aromatic nitrogens is 2. The summed E-state index contributed by atoms with van der Waals surface area (Å²) in [6.07, 6.45) is 13.3. The average Bonchev–Trinajstić information content (AvgIpc) is 2.72. The summed E-state index contributed by atoms with van der Waals surface area (Å²) in [5.74, 6) is 1.22. The molecular weight excluding hydrogens is 186 g/mol. The van der Waals surface area contributed by atoms with Gasteiger partial charge in [-0.1, -0.05) is 12.2 Å². The van der Waals surface area contributed by atoms with Crippen LogP contribution in [0.4, 0.5) is 0 Å². The Morgan fingerprint density at radius 1 is 1.47 bits per heavy atom. The van der Waals surface area contributed by atoms with Gasteiger partial charge >= 0.3 is 0 Å². The maximum Gasteiger partial charge on any atom is 0.206 e. The Balaban J connectivity index is 2.06. The van der Waals surface area contributed by atoms with E-state index in [9.17, 15) is 0 Å². The van der Waals surface area contributed by atoms with Crippen molar-refractivity contribution in [1.29, 1.82) is 5.26 Å². The summed E-state index contributed by atoms with van der Waals surface area (Å²) in [5.41, 5.74) is 2.41. The summed E-state index contributed by atoms with van der Waals surface area (Å²) in [6.45, 7) is 0. The van der Waals surface area contributed by atoms with Gasteiger partial charge in [0.15, 0.2) is 0 Å². The van der Waals surface area contributed by atoms with E-state index in [0.29, 0.717) is 5.92 Å². The average molecular weight is 199 g/mol. The van der Waals surface area contributed by atoms with Crippen molar-refractivity contribution in [3.63, 3.8) is 0 Å². The Labute approximate surface area is 89.0 Å². The second kappa shape index (κ2) is 3.23. The highest BCUT2D eigenvalue weighted by Crippen LogP contribution is 2.41. The molecule has 1 heterocycles. The van der Waals surface area contributed by atoms with Crippen LogP contribution in [-0.2, 0) is 6.42 Å². The second-order valence-corrected chi connectivity index (χ2v) is 4.41. The van der Waals surface area contributed by atoms with Gasteiger partial charge in [-0.2, -0.15) is 15.0 Å². The molecule has 0 saturated heterocycles. The van der Waals surface area contributed by atoms with E-state index < -0.39 is 0 Å². The minimum Gasteiger partial charge on any atom is -0.174 e. The zero-order valence-electron chi connectivity index (χ0n) is 8.56. The Bertz CT molecular complexity index is 450. The van der Waals surface area contributed by atoms with Gasteiger partial charge in [-0.05, 0) is 37.2 Å². The molecule has 0 bridgehead atoms. The SMILES string of the molecule is N#Cn1cc2c(n1)C1C=CCCC1CC2. The van der Waals surface area contributed by atoms with E-state index >= 15 is 0 Å². The molecule has 3 nitrogen and oxygen atoms in total. The summed E-state index contributed by atoms with van der Waals surface area (Å²) in [5, 5.41) is 13.2. The molecular formula is C12H13N3. The van der Waals surface area contributed by atoms with E-state index in [0.717, 1.165) is 18.0 Å². The smallest absolute Gasteiger partial charge is 0.174 e. The van der Waals surface area contributed by atoms with Crippen LogP contribution in [0.1, 0.15) is 36.4 Å². The number of aryl methyl sites for hydroxylation is 1. The Kier molecular flexibility index (Phi) is 1.88. The number of hydrogen-bond donors (Lipinski definition) is 0. The van der Waals surface area contributed by atoms with Crippen LogP contribution >= 0.6 is 0 Å². The highest BCUT2D eigenvalue weighted by atomic mass is 15.3. The predicted molar refractivity (Wildman–Crippen MR) is 56.2 cm³/mol. The maximum atomic E-state index is 8.82. The van der Waals surface area contributed by atoms with Crippen molar-refractivity contribution in [2.24, 2.45) is 5.92 Å². The molecule has 1 aromatic rings. The number of nitriles is 1. The van der Waals surface area contributed by atoms with E-state index in [4.69, 9.17) is 5.26 Å². The van der Waals surface area contributed by atoms with Crippen LogP contribution in [0.2, 0.25) is 0 Å². The zero-order chi connectivity index (χ0) is 10.3. The molecule has 0 N–H and O–H groups in total. The third-order valence-electron chi connectivity index (χ3n) is 3.58. The van der Waals surface area contributed by atoms with Crippen LogP contribution in [0.3, 0.4) is 0 Å². The molecule has 15 heavy (non-hydrogen) atoms. The van der Waals surface area contributed by atoms with Crippen molar-refractivity contribution in [1.82, 2.24) is 9.78 Å². The van der Waals surface area contributed by atoms with E-state index in [1.807, 2.05) is 6.20 Å². The molecule has 0 spiro atoms. The molecule has 76 valence electrons. The van der Waals surface area contributed by atoms with E-state index in [1.54, 1.807) is 0 Å². The molecule has 2 aliphatic carbocycles. The van der Waals surface area contributed by atoms with Gasteiger partial charge in [0.25, 0.3) is 0 Å². The fourth-order valence-corrected chi connectivity index (χ4v) is 2.82. The van der Waals surface area contributed by atoms with Crippen LogP contribution in [0.25, 0.3) is 0 Å². The van der Waals surface area contributed by atoms with Crippen LogP contribution in [0, 0.1) is 17.4 Å². The molecule has 0 saturated carbocycles. The topological polar surface area (TPSA) is 41.6 Å². The third-order valence-corrected chi connectivity index (χ3v) is 3.58. The van der Waals surface area contributed by atoms with Gasteiger partial charge in [0, 0.05) is 12.1 Å². The molecule has 2 aliphatic rings. The predicted octanol–water partition coefficient (Wildman–Crippen LogP) is 2.21. The van der Waals surface area contributed by atoms with Gasteiger partial charge in [-0.25, -0.2) is 0 Å². The normalized spacial score (nSPS) is 27.9. The fourth-order valence-electron chi connectivity index (χ4n) is 2.82. The van der Waals surface area contributed by atoms with Crippen LogP contribution in [0.5, 0.6) is 0 Å². The lowest BCUT2D eigenvalue weighted by Crippen LogP contribution is -2.21. The zero-order valence-corrected chi connectivity index (χ0v) is 8.56. The van der Waals surface area contributed by atoms with Gasteiger partial charge in [0.1, 0.15) is 0 Å². The third kappa shape index (κ3) is 1.29. The summed E-state index contributed by atoms with van der Waals surface area (Å²) >= 11 is 0. The van der Waals surface area contributed by atoms with Crippen molar-refractivity contribution in [2.45, 2.75) is 31.6 Å². The standard InChI is InChI=1S/C12H13N3/c13-8-15-7-10-6-5-9-3-1-2-4-11(9)12(10)14-15/h2,4,7,9,11H,1,3,5-6H2. The number of allylic oxidation sites excluding steroid dienone is 2. The van der Waals surface area contributed by atoms with E-state index in [2.05, 4.69) is 23.4 Å². The first-order valence-corrected chi connectivity index (χ1v) is 5.53. The molecule has 0 fully saturated rings. The summed E-state index contributed by atoms with van der Waals surface area (Å²) in [4.78, 5) is 0. The van der Waals surface area contributed by atoms with Crippen molar-refractivity contribution in [2.75, 3.05) is 0 Å². The van der Waals surface area contributed by atoms with E-state index in [-0.39, 0.29) is 0 Å². The van der Waals surface area contributed by atoms with Gasteiger partial charge in [0.05, 0.1) is 5.69 Å². The monoisotopic (exact) mass is 199 g/mol. The largest absolute Gasteiger partial charge is 0.206 e. The Morgan fingerprint density at radius 3 is 3.27 bits per heavy atom. The maximum absolute atomic E-state index is 8.82. The van der Waals surface area contributed by atoms with Crippen LogP contribution in [0.15, 0.2) is 18.3 Å². The highest BCUT2D eigenvalue weighted by molar-refractivity contribution is 5.31. The van der Waals surface area contributed by atoms with Gasteiger partial charge in [-0.15, -0.1) is 0 Å². The van der Waals surface area contributed by atoms with E-state index in [1.165, 1.54) is 29.5 Å². The lowest BCUT2D eigenvalue weighted by molar-refractivity contribution is 0.374. The minimum atomic E-state index is 0.470. The second-order valence-electron chi connectivity index (χ2n) is 4.41. The molecule has 1 aromatic heterocycles. The summed E-state index contributed by atoms with van der Waals surface area (Å²) in [6, 6.07) is 0. The number of rotatable bonds is 0. The van der Waals surface area contributed by atoms with Crippen LogP contribution < -0.4 is 0 Å².